The minimum absolute atomic E-state index is 0. The fraction of sp³-hybridized carbons (Fsp3) is 0.760. The molecule has 13 heteroatoms. The molecule has 0 fully saturated rings. The van der Waals surface area contributed by atoms with E-state index in [1.54, 1.807) is 12.1 Å². The van der Waals surface area contributed by atoms with Crippen molar-refractivity contribution in [2.45, 2.75) is 71.1 Å². The molecule has 0 radical (unpaired) electrons. The zero-order valence-electron chi connectivity index (χ0n) is 22.8. The van der Waals surface area contributed by atoms with E-state index in [9.17, 15) is 14.7 Å². The van der Waals surface area contributed by atoms with Gasteiger partial charge in [0.25, 0.3) is 5.69 Å². The molecule has 0 aliphatic rings. The number of hydrogen-bond acceptors (Lipinski definition) is 8. The molecule has 0 amide bonds. The van der Waals surface area contributed by atoms with Crippen molar-refractivity contribution in [2.24, 2.45) is 11.5 Å². The van der Waals surface area contributed by atoms with Crippen molar-refractivity contribution in [3.63, 3.8) is 0 Å². The number of benzene rings is 1. The maximum Gasteiger partial charge on any atom is 0.331 e. The summed E-state index contributed by atoms with van der Waals surface area (Å²) in [6.45, 7) is 6.35. The molecule has 0 bridgehead atoms. The molecule has 38 heavy (non-hydrogen) atoms. The highest BCUT2D eigenvalue weighted by Gasteiger charge is 2.25. The number of rotatable bonds is 23. The first-order chi connectivity index (χ1) is 16.9. The summed E-state index contributed by atoms with van der Waals surface area (Å²) < 4.78 is 25.3. The Hall–Kier alpha value is -0.480. The van der Waals surface area contributed by atoms with Crippen molar-refractivity contribution in [3.05, 3.63) is 39.9 Å². The monoisotopic (exact) mass is 622 g/mol. The summed E-state index contributed by atoms with van der Waals surface area (Å²) in [6.07, 6.45) is 10.7. The van der Waals surface area contributed by atoms with Gasteiger partial charge in [0.2, 0.25) is 0 Å². The van der Waals surface area contributed by atoms with Gasteiger partial charge in [-0.2, -0.15) is 0 Å². The molecule has 1 unspecified atom stereocenters. The second-order valence-electron chi connectivity index (χ2n) is 8.92. The molecular formula is C25H50Cl3N4O5P. The van der Waals surface area contributed by atoms with E-state index < -0.39 is 12.5 Å². The van der Waals surface area contributed by atoms with Crippen LogP contribution in [0, 0.1) is 10.1 Å². The number of nitrogens with two attached hydrogens (primary N) is 2. The standard InChI is InChI=1S/C25H47N4O5P.3ClH/c1-2-3-4-5-6-7-8-21-33-35(32,23-20-28(18-9-16-26)19-10-17-27)34-22-15-24-11-13-25(14-12-24)29(30)31;;;/h11-14H,2-10,15-23,26-27H2,1H3;3*1H. The topological polar surface area (TPSA) is 134 Å². The van der Waals surface area contributed by atoms with Crippen LogP contribution in [0.3, 0.4) is 0 Å². The molecule has 9 nitrogen and oxygen atoms in total. The minimum atomic E-state index is -3.28. The van der Waals surface area contributed by atoms with Crippen LogP contribution in [-0.4, -0.2) is 61.9 Å². The highest BCUT2D eigenvalue weighted by Crippen LogP contribution is 2.48. The van der Waals surface area contributed by atoms with E-state index >= 15 is 0 Å². The molecule has 1 aromatic carbocycles. The van der Waals surface area contributed by atoms with Gasteiger partial charge in [0.1, 0.15) is 0 Å². The lowest BCUT2D eigenvalue weighted by Crippen LogP contribution is -2.31. The Morgan fingerprint density at radius 1 is 0.816 bits per heavy atom. The van der Waals surface area contributed by atoms with Crippen molar-refractivity contribution in [2.75, 3.05) is 52.1 Å². The SMILES string of the molecule is CCCCCCCCCOP(=O)(CCN(CCCN)CCCN)OCCc1ccc([N+](=O)[O-])cc1.Cl.Cl.Cl. The van der Waals surface area contributed by atoms with Crippen LogP contribution in [0.25, 0.3) is 0 Å². The molecule has 1 rings (SSSR count). The van der Waals surface area contributed by atoms with Gasteiger partial charge in [0, 0.05) is 18.7 Å². The van der Waals surface area contributed by atoms with Crippen LogP contribution in [0.4, 0.5) is 5.69 Å². The summed E-state index contributed by atoms with van der Waals surface area (Å²) in [4.78, 5) is 12.6. The number of nitro groups is 1. The molecule has 0 heterocycles. The molecule has 0 spiro atoms. The molecule has 226 valence electrons. The van der Waals surface area contributed by atoms with Gasteiger partial charge < -0.3 is 25.4 Å². The van der Waals surface area contributed by atoms with E-state index in [0.29, 0.717) is 38.8 Å². The average Bonchev–Trinajstić information content (AvgIpc) is 2.85. The maximum atomic E-state index is 13.6. The minimum Gasteiger partial charge on any atom is -0.330 e. The molecule has 0 aromatic heterocycles. The molecule has 0 saturated carbocycles. The quantitative estimate of drug-likeness (QED) is 0.0621. The maximum absolute atomic E-state index is 13.6. The van der Waals surface area contributed by atoms with E-state index in [4.69, 9.17) is 20.5 Å². The zero-order chi connectivity index (χ0) is 25.8. The van der Waals surface area contributed by atoms with Gasteiger partial charge in [-0.05, 0) is 57.4 Å². The van der Waals surface area contributed by atoms with Crippen LogP contribution in [0.15, 0.2) is 24.3 Å². The number of halogens is 3. The van der Waals surface area contributed by atoms with Crippen molar-refractivity contribution < 1.29 is 18.5 Å². The molecule has 1 aromatic rings. The van der Waals surface area contributed by atoms with Gasteiger partial charge in [-0.15, -0.1) is 37.2 Å². The van der Waals surface area contributed by atoms with Crippen LogP contribution >= 0.6 is 44.8 Å². The van der Waals surface area contributed by atoms with Crippen molar-refractivity contribution in [1.82, 2.24) is 4.90 Å². The summed E-state index contributed by atoms with van der Waals surface area (Å²) >= 11 is 0. The smallest absolute Gasteiger partial charge is 0.330 e. The molecule has 0 aliphatic heterocycles. The van der Waals surface area contributed by atoms with Gasteiger partial charge in [-0.25, -0.2) is 0 Å². The molecule has 0 aliphatic carbocycles. The van der Waals surface area contributed by atoms with Crippen LogP contribution in [-0.2, 0) is 20.0 Å². The Balaban J connectivity index is -0.00000408. The lowest BCUT2D eigenvalue weighted by molar-refractivity contribution is -0.384. The third kappa shape index (κ3) is 20.4. The Morgan fingerprint density at radius 3 is 1.87 bits per heavy atom. The second kappa shape index (κ2) is 26.7. The summed E-state index contributed by atoms with van der Waals surface area (Å²) in [6, 6.07) is 6.35. The largest absolute Gasteiger partial charge is 0.331 e. The van der Waals surface area contributed by atoms with Crippen molar-refractivity contribution >= 4 is 50.5 Å². The highest BCUT2D eigenvalue weighted by atomic mass is 35.5. The fourth-order valence-electron chi connectivity index (χ4n) is 3.75. The van der Waals surface area contributed by atoms with Crippen LogP contribution in [0.5, 0.6) is 0 Å². The summed E-state index contributed by atoms with van der Waals surface area (Å²) in [7, 11) is -3.28. The third-order valence-electron chi connectivity index (χ3n) is 5.91. The lowest BCUT2D eigenvalue weighted by Gasteiger charge is -2.25. The number of nitrogens with zero attached hydrogens (tertiary/aromatic N) is 2. The first-order valence-corrected chi connectivity index (χ1v) is 14.9. The second-order valence-corrected chi connectivity index (χ2v) is 11.1. The van der Waals surface area contributed by atoms with Gasteiger partial charge in [-0.3, -0.25) is 14.7 Å². The van der Waals surface area contributed by atoms with Gasteiger partial charge in [0.15, 0.2) is 0 Å². The normalized spacial score (nSPS) is 12.2. The predicted molar refractivity (Wildman–Crippen MR) is 165 cm³/mol. The molecule has 1 atom stereocenters. The summed E-state index contributed by atoms with van der Waals surface area (Å²) in [5.41, 5.74) is 12.3. The third-order valence-corrected chi connectivity index (χ3v) is 7.81. The first-order valence-electron chi connectivity index (χ1n) is 13.2. The summed E-state index contributed by atoms with van der Waals surface area (Å²) in [5.74, 6) is 0. The van der Waals surface area contributed by atoms with Gasteiger partial charge in [-0.1, -0.05) is 57.6 Å². The van der Waals surface area contributed by atoms with Crippen LogP contribution in [0.1, 0.15) is 70.3 Å². The van der Waals surface area contributed by atoms with Crippen molar-refractivity contribution in [3.8, 4) is 0 Å². The molecule has 0 saturated heterocycles. The van der Waals surface area contributed by atoms with Crippen molar-refractivity contribution in [1.29, 1.82) is 0 Å². The Bertz CT molecular complexity index is 727. The average molecular weight is 624 g/mol. The molecule has 4 N–H and O–H groups in total. The Labute approximate surface area is 248 Å². The highest BCUT2D eigenvalue weighted by molar-refractivity contribution is 7.53. The number of non-ortho nitro benzene ring substituents is 1. The Morgan fingerprint density at radius 2 is 1.34 bits per heavy atom. The van der Waals surface area contributed by atoms with Gasteiger partial charge in [0.05, 0.1) is 24.3 Å². The number of hydrogen-bond donors (Lipinski definition) is 2. The van der Waals surface area contributed by atoms with E-state index in [1.165, 1.54) is 44.2 Å². The van der Waals surface area contributed by atoms with E-state index in [-0.39, 0.29) is 49.5 Å². The lowest BCUT2D eigenvalue weighted by atomic mass is 10.1. The predicted octanol–water partition coefficient (Wildman–Crippen LogP) is 6.38. The Kier molecular flexibility index (Phi) is 29.5. The van der Waals surface area contributed by atoms with Crippen LogP contribution in [0.2, 0.25) is 0 Å². The van der Waals surface area contributed by atoms with E-state index in [0.717, 1.165) is 44.3 Å². The van der Waals surface area contributed by atoms with E-state index in [1.807, 2.05) is 0 Å². The first kappa shape index (κ1) is 42.0. The number of unbranched alkanes of at least 4 members (excludes halogenated alkanes) is 6. The number of nitro benzene ring substituents is 1. The van der Waals surface area contributed by atoms with Crippen LogP contribution < -0.4 is 11.5 Å². The summed E-state index contributed by atoms with van der Waals surface area (Å²) in [5, 5.41) is 10.8. The molecular weight excluding hydrogens is 574 g/mol. The fourth-order valence-corrected chi connectivity index (χ4v) is 5.38. The van der Waals surface area contributed by atoms with E-state index in [2.05, 4.69) is 11.8 Å². The zero-order valence-corrected chi connectivity index (χ0v) is 26.1. The van der Waals surface area contributed by atoms with Gasteiger partial charge >= 0.3 is 7.60 Å².